The van der Waals surface area contributed by atoms with E-state index in [2.05, 4.69) is 10.6 Å². The van der Waals surface area contributed by atoms with E-state index in [1.165, 1.54) is 32.0 Å². The third kappa shape index (κ3) is 5.52. The standard InChI is InChI=1S/C19H21N3O6/c1-12-10-15(6-9-17(12)22(26)27)21-18(24)19(3,25)11-28-16-7-4-14(5-8-16)20-13(2)23/h4-10,25H,11H2,1-3H3,(H,20,23)(H,21,24). The summed E-state index contributed by atoms with van der Waals surface area (Å²) in [6, 6.07) is 10.6. The smallest absolute Gasteiger partial charge is 0.272 e. The van der Waals surface area contributed by atoms with Crippen molar-refractivity contribution in [2.45, 2.75) is 26.4 Å². The van der Waals surface area contributed by atoms with Gasteiger partial charge in [0.15, 0.2) is 5.60 Å². The quantitative estimate of drug-likeness (QED) is 0.494. The molecule has 0 aliphatic carbocycles. The minimum atomic E-state index is -1.84. The van der Waals surface area contributed by atoms with Crippen LogP contribution in [0.3, 0.4) is 0 Å². The number of nitro benzene ring substituents is 1. The molecule has 1 unspecified atom stereocenters. The third-order valence-corrected chi connectivity index (χ3v) is 3.84. The van der Waals surface area contributed by atoms with Gasteiger partial charge in [0.25, 0.3) is 11.6 Å². The third-order valence-electron chi connectivity index (χ3n) is 3.84. The highest BCUT2D eigenvalue weighted by molar-refractivity contribution is 5.97. The highest BCUT2D eigenvalue weighted by Crippen LogP contribution is 2.23. The Labute approximate surface area is 161 Å². The van der Waals surface area contributed by atoms with E-state index in [1.807, 2.05) is 0 Å². The SMILES string of the molecule is CC(=O)Nc1ccc(OCC(C)(O)C(=O)Nc2ccc([N+](=O)[O-])c(C)c2)cc1. The number of aryl methyl sites for hydroxylation is 1. The van der Waals surface area contributed by atoms with Crippen molar-refractivity contribution >= 4 is 28.9 Å². The number of carbonyl (C=O) groups is 2. The molecule has 0 spiro atoms. The van der Waals surface area contributed by atoms with Gasteiger partial charge in [0.2, 0.25) is 5.91 Å². The summed E-state index contributed by atoms with van der Waals surface area (Å²) in [5.41, 5.74) is -0.592. The molecule has 9 nitrogen and oxygen atoms in total. The lowest BCUT2D eigenvalue weighted by Crippen LogP contribution is -2.45. The first kappa shape index (κ1) is 20.8. The van der Waals surface area contributed by atoms with E-state index in [9.17, 15) is 24.8 Å². The van der Waals surface area contributed by atoms with Gasteiger partial charge >= 0.3 is 0 Å². The summed E-state index contributed by atoms with van der Waals surface area (Å²) in [5.74, 6) is -0.501. The Morgan fingerprint density at radius 2 is 1.75 bits per heavy atom. The second-order valence-electron chi connectivity index (χ2n) is 6.48. The lowest BCUT2D eigenvalue weighted by molar-refractivity contribution is -0.385. The lowest BCUT2D eigenvalue weighted by atomic mass is 10.1. The van der Waals surface area contributed by atoms with Crippen molar-refractivity contribution < 1.29 is 24.4 Å². The number of nitrogens with one attached hydrogen (secondary N) is 2. The Morgan fingerprint density at radius 1 is 1.14 bits per heavy atom. The minimum Gasteiger partial charge on any atom is -0.490 e. The summed E-state index contributed by atoms with van der Waals surface area (Å²) >= 11 is 0. The summed E-state index contributed by atoms with van der Waals surface area (Å²) in [6.07, 6.45) is 0. The molecule has 0 saturated heterocycles. The van der Waals surface area contributed by atoms with Crippen molar-refractivity contribution in [3.8, 4) is 5.75 Å². The molecule has 0 aliphatic heterocycles. The molecule has 0 bridgehead atoms. The monoisotopic (exact) mass is 387 g/mol. The van der Waals surface area contributed by atoms with Gasteiger partial charge in [0.1, 0.15) is 12.4 Å². The zero-order valence-electron chi connectivity index (χ0n) is 15.7. The van der Waals surface area contributed by atoms with Crippen LogP contribution in [0, 0.1) is 17.0 Å². The van der Waals surface area contributed by atoms with Crippen LogP contribution in [-0.2, 0) is 9.59 Å². The van der Waals surface area contributed by atoms with Crippen LogP contribution >= 0.6 is 0 Å². The number of anilines is 2. The van der Waals surface area contributed by atoms with E-state index in [0.717, 1.165) is 0 Å². The zero-order chi connectivity index (χ0) is 20.9. The number of aliphatic hydroxyl groups is 1. The van der Waals surface area contributed by atoms with Crippen LogP contribution in [0.5, 0.6) is 5.75 Å². The van der Waals surface area contributed by atoms with Crippen molar-refractivity contribution in [1.82, 2.24) is 0 Å². The van der Waals surface area contributed by atoms with E-state index >= 15 is 0 Å². The van der Waals surface area contributed by atoms with E-state index in [4.69, 9.17) is 4.74 Å². The van der Waals surface area contributed by atoms with Crippen LogP contribution in [0.4, 0.5) is 17.1 Å². The summed E-state index contributed by atoms with van der Waals surface area (Å²) in [7, 11) is 0. The Bertz CT molecular complexity index is 893. The number of nitro groups is 1. The van der Waals surface area contributed by atoms with Gasteiger partial charge in [-0.1, -0.05) is 0 Å². The lowest BCUT2D eigenvalue weighted by Gasteiger charge is -2.22. The molecule has 0 aliphatic rings. The minimum absolute atomic E-state index is 0.0594. The molecule has 2 rings (SSSR count). The first-order chi connectivity index (χ1) is 13.1. The van der Waals surface area contributed by atoms with Crippen LogP contribution in [-0.4, -0.2) is 34.1 Å². The molecule has 0 aromatic heterocycles. The molecule has 28 heavy (non-hydrogen) atoms. The molecule has 2 amide bonds. The van der Waals surface area contributed by atoms with Gasteiger partial charge in [-0.3, -0.25) is 19.7 Å². The van der Waals surface area contributed by atoms with Gasteiger partial charge in [-0.05, 0) is 50.2 Å². The normalized spacial score (nSPS) is 12.6. The Balaban J connectivity index is 1.98. The Kier molecular flexibility index (Phi) is 6.32. The van der Waals surface area contributed by atoms with Gasteiger partial charge < -0.3 is 20.5 Å². The van der Waals surface area contributed by atoms with Crippen molar-refractivity contribution in [3.05, 3.63) is 58.1 Å². The highest BCUT2D eigenvalue weighted by Gasteiger charge is 2.31. The molecule has 148 valence electrons. The van der Waals surface area contributed by atoms with Crippen molar-refractivity contribution in [3.63, 3.8) is 0 Å². The molecular weight excluding hydrogens is 366 g/mol. The summed E-state index contributed by atoms with van der Waals surface area (Å²) < 4.78 is 5.45. The van der Waals surface area contributed by atoms with Crippen LogP contribution < -0.4 is 15.4 Å². The van der Waals surface area contributed by atoms with E-state index in [1.54, 1.807) is 31.2 Å². The molecule has 0 radical (unpaired) electrons. The van der Waals surface area contributed by atoms with Gasteiger partial charge in [0.05, 0.1) is 4.92 Å². The maximum Gasteiger partial charge on any atom is 0.272 e. The fraction of sp³-hybridized carbons (Fsp3) is 0.263. The maximum atomic E-state index is 12.3. The number of carbonyl (C=O) groups excluding carboxylic acids is 2. The number of nitrogens with zero attached hydrogens (tertiary/aromatic N) is 1. The van der Waals surface area contributed by atoms with E-state index in [0.29, 0.717) is 22.7 Å². The second kappa shape index (κ2) is 8.49. The molecule has 0 fully saturated rings. The zero-order valence-corrected chi connectivity index (χ0v) is 15.7. The molecule has 1 atom stereocenters. The predicted octanol–water partition coefficient (Wildman–Crippen LogP) is 2.63. The largest absolute Gasteiger partial charge is 0.490 e. The van der Waals surface area contributed by atoms with Gasteiger partial charge in [-0.15, -0.1) is 0 Å². The van der Waals surface area contributed by atoms with E-state index in [-0.39, 0.29) is 18.2 Å². The number of hydrogen-bond donors (Lipinski definition) is 3. The van der Waals surface area contributed by atoms with Crippen LogP contribution in [0.25, 0.3) is 0 Å². The first-order valence-electron chi connectivity index (χ1n) is 8.38. The Hall–Kier alpha value is -3.46. The fourth-order valence-electron chi connectivity index (χ4n) is 2.33. The molecule has 0 saturated carbocycles. The van der Waals surface area contributed by atoms with Crippen molar-refractivity contribution in [2.24, 2.45) is 0 Å². The summed E-state index contributed by atoms with van der Waals surface area (Å²) in [6.45, 7) is 3.93. The van der Waals surface area contributed by atoms with Crippen LogP contribution in [0.1, 0.15) is 19.4 Å². The fourth-order valence-corrected chi connectivity index (χ4v) is 2.33. The number of benzene rings is 2. The number of amides is 2. The van der Waals surface area contributed by atoms with Crippen LogP contribution in [0.15, 0.2) is 42.5 Å². The van der Waals surface area contributed by atoms with Crippen molar-refractivity contribution in [2.75, 3.05) is 17.2 Å². The van der Waals surface area contributed by atoms with Gasteiger partial charge in [0, 0.05) is 29.9 Å². The topological polar surface area (TPSA) is 131 Å². The first-order valence-corrected chi connectivity index (χ1v) is 8.38. The number of ether oxygens (including phenoxy) is 1. The predicted molar refractivity (Wildman–Crippen MR) is 103 cm³/mol. The summed E-state index contributed by atoms with van der Waals surface area (Å²) in [5, 5.41) is 26.4. The number of rotatable bonds is 7. The molecule has 3 N–H and O–H groups in total. The molecular formula is C19H21N3O6. The molecule has 0 heterocycles. The van der Waals surface area contributed by atoms with Crippen molar-refractivity contribution in [1.29, 1.82) is 0 Å². The Morgan fingerprint density at radius 3 is 2.29 bits per heavy atom. The van der Waals surface area contributed by atoms with Crippen LogP contribution in [0.2, 0.25) is 0 Å². The average molecular weight is 387 g/mol. The molecule has 9 heteroatoms. The van der Waals surface area contributed by atoms with Gasteiger partial charge in [-0.25, -0.2) is 0 Å². The maximum absolute atomic E-state index is 12.3. The molecule has 2 aromatic carbocycles. The average Bonchev–Trinajstić information content (AvgIpc) is 2.60. The summed E-state index contributed by atoms with van der Waals surface area (Å²) in [4.78, 5) is 33.7. The molecule has 2 aromatic rings. The highest BCUT2D eigenvalue weighted by atomic mass is 16.6. The van der Waals surface area contributed by atoms with Gasteiger partial charge in [-0.2, -0.15) is 0 Å². The van der Waals surface area contributed by atoms with E-state index < -0.39 is 16.4 Å². The number of hydrogen-bond acceptors (Lipinski definition) is 6. The second-order valence-corrected chi connectivity index (χ2v) is 6.48.